The van der Waals surface area contributed by atoms with Crippen LogP contribution in [0.1, 0.15) is 26.7 Å². The van der Waals surface area contributed by atoms with Gasteiger partial charge in [-0.1, -0.05) is 6.92 Å². The van der Waals surface area contributed by atoms with Gasteiger partial charge in [-0.2, -0.15) is 0 Å². The second kappa shape index (κ2) is 4.61. The molecule has 0 aromatic carbocycles. The summed E-state index contributed by atoms with van der Waals surface area (Å²) >= 11 is 0. The molecule has 0 aromatic heterocycles. The first-order valence-electron chi connectivity index (χ1n) is 5.23. The second-order valence-corrected chi connectivity index (χ2v) is 4.48. The molecule has 0 bridgehead atoms. The predicted molar refractivity (Wildman–Crippen MR) is 57.4 cm³/mol. The maximum absolute atomic E-state index is 11.4. The van der Waals surface area contributed by atoms with Crippen molar-refractivity contribution in [1.29, 1.82) is 0 Å². The number of hydrogen-bond acceptors (Lipinski definition) is 3. The Bertz CT molecular complexity index is 261. The predicted octanol–water partition coefficient (Wildman–Crippen LogP) is 0.220. The number of hydrogen-bond donors (Lipinski definition) is 3. The van der Waals surface area contributed by atoms with E-state index in [1.807, 2.05) is 0 Å². The van der Waals surface area contributed by atoms with E-state index < -0.39 is 6.03 Å². The van der Waals surface area contributed by atoms with E-state index in [1.54, 1.807) is 6.92 Å². The Morgan fingerprint density at radius 3 is 2.47 bits per heavy atom. The molecular formula is C10H19N3O2. The fraction of sp³-hybridized carbons (Fsp3) is 0.800. The minimum absolute atomic E-state index is 0.293. The first-order valence-corrected chi connectivity index (χ1v) is 5.23. The van der Waals surface area contributed by atoms with E-state index in [2.05, 4.69) is 22.9 Å². The first kappa shape index (κ1) is 12.0. The number of carbonyl (C=O) groups is 2. The van der Waals surface area contributed by atoms with Crippen molar-refractivity contribution in [3.63, 3.8) is 0 Å². The number of nitrogens with one attached hydrogen (secondary N) is 3. The van der Waals surface area contributed by atoms with Gasteiger partial charge >= 0.3 is 6.03 Å². The lowest BCUT2D eigenvalue weighted by Crippen LogP contribution is -2.48. The van der Waals surface area contributed by atoms with E-state index in [4.69, 9.17) is 0 Å². The Kier molecular flexibility index (Phi) is 3.68. The molecule has 1 rings (SSSR count). The highest BCUT2D eigenvalue weighted by Crippen LogP contribution is 2.44. The van der Waals surface area contributed by atoms with Crippen LogP contribution in [0.3, 0.4) is 0 Å². The van der Waals surface area contributed by atoms with Crippen LogP contribution in [0, 0.1) is 5.41 Å². The van der Waals surface area contributed by atoms with E-state index in [1.165, 1.54) is 19.9 Å². The largest absolute Gasteiger partial charge is 0.341 e. The summed E-state index contributed by atoms with van der Waals surface area (Å²) in [6.45, 7) is 4.77. The zero-order valence-electron chi connectivity index (χ0n) is 9.52. The van der Waals surface area contributed by atoms with Gasteiger partial charge in [0.1, 0.15) is 0 Å². The topological polar surface area (TPSA) is 70.2 Å². The van der Waals surface area contributed by atoms with Gasteiger partial charge in [0.05, 0.1) is 6.04 Å². The van der Waals surface area contributed by atoms with Crippen LogP contribution in [0.4, 0.5) is 4.79 Å². The summed E-state index contributed by atoms with van der Waals surface area (Å²) in [7, 11) is 1.48. The number of amides is 3. The molecule has 3 amide bonds. The van der Waals surface area contributed by atoms with Crippen LogP contribution in [0.2, 0.25) is 0 Å². The van der Waals surface area contributed by atoms with Gasteiger partial charge in [-0.25, -0.2) is 4.79 Å². The molecule has 1 aliphatic rings. The van der Waals surface area contributed by atoms with E-state index >= 15 is 0 Å². The number of carbonyl (C=O) groups excluding carboxylic acids is 2. The van der Waals surface area contributed by atoms with Gasteiger partial charge in [0.15, 0.2) is 0 Å². The molecule has 1 fully saturated rings. The summed E-state index contributed by atoms with van der Waals surface area (Å²) in [6.07, 6.45) is 2.42. The van der Waals surface area contributed by atoms with Gasteiger partial charge in [0.2, 0.25) is 5.91 Å². The highest BCUT2D eigenvalue weighted by molar-refractivity contribution is 5.96. The van der Waals surface area contributed by atoms with Gasteiger partial charge in [0.25, 0.3) is 0 Å². The molecule has 0 aliphatic heterocycles. The van der Waals surface area contributed by atoms with Crippen molar-refractivity contribution in [3.8, 4) is 0 Å². The molecule has 1 unspecified atom stereocenters. The Hall–Kier alpha value is -1.10. The van der Waals surface area contributed by atoms with Crippen molar-refractivity contribution >= 4 is 11.9 Å². The number of imide groups is 1. The lowest BCUT2D eigenvalue weighted by atomic mass is 10.1. The van der Waals surface area contributed by atoms with Crippen LogP contribution in [-0.2, 0) is 4.79 Å². The van der Waals surface area contributed by atoms with Crippen molar-refractivity contribution in [2.75, 3.05) is 13.6 Å². The molecular weight excluding hydrogens is 194 g/mol. The zero-order valence-corrected chi connectivity index (χ0v) is 9.52. The van der Waals surface area contributed by atoms with Crippen molar-refractivity contribution in [3.05, 3.63) is 0 Å². The molecule has 1 aliphatic carbocycles. The van der Waals surface area contributed by atoms with Gasteiger partial charge in [0, 0.05) is 13.6 Å². The van der Waals surface area contributed by atoms with Crippen LogP contribution < -0.4 is 16.0 Å². The Morgan fingerprint density at radius 2 is 2.00 bits per heavy atom. The maximum atomic E-state index is 11.4. The molecule has 15 heavy (non-hydrogen) atoms. The normalized spacial score (nSPS) is 19.1. The van der Waals surface area contributed by atoms with Crippen molar-refractivity contribution in [1.82, 2.24) is 16.0 Å². The van der Waals surface area contributed by atoms with Crippen LogP contribution in [-0.4, -0.2) is 31.6 Å². The Morgan fingerprint density at radius 1 is 1.40 bits per heavy atom. The molecule has 86 valence electrons. The summed E-state index contributed by atoms with van der Waals surface area (Å²) in [5.74, 6) is -0.293. The van der Waals surface area contributed by atoms with Crippen molar-refractivity contribution < 1.29 is 9.59 Å². The van der Waals surface area contributed by atoms with Gasteiger partial charge in [-0.05, 0) is 25.2 Å². The Labute approximate surface area is 90.0 Å². The number of urea groups is 1. The van der Waals surface area contributed by atoms with Crippen molar-refractivity contribution in [2.24, 2.45) is 5.41 Å². The van der Waals surface area contributed by atoms with E-state index in [9.17, 15) is 9.59 Å². The molecule has 0 saturated heterocycles. The van der Waals surface area contributed by atoms with Gasteiger partial charge in [-0.15, -0.1) is 0 Å². The average Bonchev–Trinajstić information content (AvgIpc) is 2.93. The molecule has 0 radical (unpaired) electrons. The second-order valence-electron chi connectivity index (χ2n) is 4.48. The highest BCUT2D eigenvalue weighted by atomic mass is 16.2. The molecule has 0 aromatic rings. The lowest BCUT2D eigenvalue weighted by molar-refractivity contribution is -0.121. The average molecular weight is 213 g/mol. The Balaban J connectivity index is 2.23. The van der Waals surface area contributed by atoms with Gasteiger partial charge in [-0.3, -0.25) is 10.1 Å². The van der Waals surface area contributed by atoms with E-state index in [0.717, 1.165) is 6.54 Å². The van der Waals surface area contributed by atoms with Crippen LogP contribution in [0.15, 0.2) is 0 Å². The van der Waals surface area contributed by atoms with Crippen LogP contribution in [0.5, 0.6) is 0 Å². The van der Waals surface area contributed by atoms with E-state index in [-0.39, 0.29) is 11.9 Å². The molecule has 1 saturated carbocycles. The summed E-state index contributed by atoms with van der Waals surface area (Å²) in [5, 5.41) is 7.69. The monoisotopic (exact) mass is 213 g/mol. The lowest BCUT2D eigenvalue weighted by Gasteiger charge is -2.16. The third-order valence-corrected chi connectivity index (χ3v) is 2.80. The van der Waals surface area contributed by atoms with Crippen LogP contribution >= 0.6 is 0 Å². The SMILES string of the molecule is CNC(=O)NC(=O)C(C)NCC1(C)CC1. The van der Waals surface area contributed by atoms with E-state index in [0.29, 0.717) is 5.41 Å². The third-order valence-electron chi connectivity index (χ3n) is 2.80. The standard InChI is InChI=1S/C10H19N3O2/c1-7(8(14)13-9(15)11-3)12-6-10(2)4-5-10/h7,12H,4-6H2,1-3H3,(H2,11,13,14,15). The van der Waals surface area contributed by atoms with Gasteiger partial charge < -0.3 is 10.6 Å². The quantitative estimate of drug-likeness (QED) is 0.625. The minimum atomic E-state index is -0.466. The fourth-order valence-electron chi connectivity index (χ4n) is 1.17. The summed E-state index contributed by atoms with van der Waals surface area (Å²) < 4.78 is 0. The summed E-state index contributed by atoms with van der Waals surface area (Å²) in [5.41, 5.74) is 0.363. The minimum Gasteiger partial charge on any atom is -0.341 e. The summed E-state index contributed by atoms with van der Waals surface area (Å²) in [6, 6.07) is -0.800. The highest BCUT2D eigenvalue weighted by Gasteiger charge is 2.37. The molecule has 0 heterocycles. The molecule has 1 atom stereocenters. The summed E-state index contributed by atoms with van der Waals surface area (Å²) in [4.78, 5) is 22.3. The maximum Gasteiger partial charge on any atom is 0.321 e. The molecule has 5 nitrogen and oxygen atoms in total. The number of rotatable bonds is 4. The van der Waals surface area contributed by atoms with Crippen LogP contribution in [0.25, 0.3) is 0 Å². The molecule has 3 N–H and O–H groups in total. The zero-order chi connectivity index (χ0) is 11.5. The third kappa shape index (κ3) is 3.87. The smallest absolute Gasteiger partial charge is 0.321 e. The molecule has 5 heteroatoms. The first-order chi connectivity index (χ1) is 6.97. The molecule has 0 spiro atoms. The van der Waals surface area contributed by atoms with Crippen molar-refractivity contribution in [2.45, 2.75) is 32.7 Å². The fourth-order valence-corrected chi connectivity index (χ4v) is 1.17.